The lowest BCUT2D eigenvalue weighted by Crippen LogP contribution is -2.39. The number of carbonyl (C=O) groups is 1. The Bertz CT molecular complexity index is 1080. The Balaban J connectivity index is 1.42. The van der Waals surface area contributed by atoms with Gasteiger partial charge in [0.25, 0.3) is 0 Å². The highest BCUT2D eigenvalue weighted by molar-refractivity contribution is 5.77. The lowest BCUT2D eigenvalue weighted by Gasteiger charge is -2.33. The molecule has 0 bridgehead atoms. The number of aromatic amines is 1. The number of amides is 1. The Labute approximate surface area is 187 Å². The zero-order chi connectivity index (χ0) is 22.5. The van der Waals surface area contributed by atoms with Crippen LogP contribution in [0.2, 0.25) is 0 Å². The van der Waals surface area contributed by atoms with Gasteiger partial charge in [-0.25, -0.2) is 4.39 Å². The molecule has 7 heteroatoms. The highest BCUT2D eigenvalue weighted by Crippen LogP contribution is 2.34. The molecule has 0 radical (unpaired) electrons. The molecule has 1 N–H and O–H groups in total. The standard InChI is InChI=1S/C25H28FN3O3/c1-31-22-11-9-17(14-23(22)32-2)10-12-24(30)29-13-5-6-18(16-29)25-20(15-27-28-25)19-7-3-4-8-21(19)26/h3-4,7-9,11,14-15,18H,5-6,10,12-13,16H2,1-2H3,(H,27,28)/t18-/m0/s1. The summed E-state index contributed by atoms with van der Waals surface area (Å²) >= 11 is 0. The van der Waals surface area contributed by atoms with Crippen molar-refractivity contribution in [2.75, 3.05) is 27.3 Å². The van der Waals surface area contributed by atoms with Gasteiger partial charge in [-0.3, -0.25) is 9.89 Å². The maximum atomic E-state index is 14.3. The van der Waals surface area contributed by atoms with Crippen LogP contribution in [0.5, 0.6) is 11.5 Å². The van der Waals surface area contributed by atoms with Gasteiger partial charge in [-0.15, -0.1) is 0 Å². The zero-order valence-electron chi connectivity index (χ0n) is 18.4. The Morgan fingerprint density at radius 2 is 1.97 bits per heavy atom. The molecule has 0 spiro atoms. The van der Waals surface area contributed by atoms with Crippen molar-refractivity contribution >= 4 is 5.91 Å². The molecule has 168 valence electrons. The van der Waals surface area contributed by atoms with Crippen molar-refractivity contribution in [2.45, 2.75) is 31.6 Å². The number of benzene rings is 2. The van der Waals surface area contributed by atoms with E-state index in [2.05, 4.69) is 10.2 Å². The number of nitrogens with one attached hydrogen (secondary N) is 1. The first-order valence-corrected chi connectivity index (χ1v) is 10.9. The molecule has 2 heterocycles. The van der Waals surface area contributed by atoms with E-state index in [0.29, 0.717) is 36.4 Å². The Morgan fingerprint density at radius 1 is 1.16 bits per heavy atom. The fourth-order valence-electron chi connectivity index (χ4n) is 4.39. The zero-order valence-corrected chi connectivity index (χ0v) is 18.4. The highest BCUT2D eigenvalue weighted by atomic mass is 19.1. The van der Waals surface area contributed by atoms with E-state index in [9.17, 15) is 9.18 Å². The topological polar surface area (TPSA) is 67.5 Å². The number of halogens is 1. The lowest BCUT2D eigenvalue weighted by molar-refractivity contribution is -0.132. The predicted molar refractivity (Wildman–Crippen MR) is 120 cm³/mol. The van der Waals surface area contributed by atoms with Crippen LogP contribution in [0.15, 0.2) is 48.7 Å². The monoisotopic (exact) mass is 437 g/mol. The van der Waals surface area contributed by atoms with E-state index >= 15 is 0 Å². The first-order chi connectivity index (χ1) is 15.6. The molecule has 0 saturated carbocycles. The number of H-pyrrole nitrogens is 1. The van der Waals surface area contributed by atoms with Crippen LogP contribution in [0, 0.1) is 5.82 Å². The fraction of sp³-hybridized carbons (Fsp3) is 0.360. The Morgan fingerprint density at radius 3 is 2.75 bits per heavy atom. The van der Waals surface area contributed by atoms with Gasteiger partial charge in [0, 0.05) is 42.2 Å². The van der Waals surface area contributed by atoms with Gasteiger partial charge in [0.05, 0.1) is 20.4 Å². The maximum Gasteiger partial charge on any atom is 0.222 e. The van der Waals surface area contributed by atoms with Gasteiger partial charge in [0.15, 0.2) is 11.5 Å². The van der Waals surface area contributed by atoms with E-state index in [1.165, 1.54) is 6.07 Å². The average molecular weight is 438 g/mol. The quantitative estimate of drug-likeness (QED) is 0.588. The van der Waals surface area contributed by atoms with Crippen molar-refractivity contribution in [3.05, 3.63) is 65.7 Å². The number of carbonyl (C=O) groups excluding carboxylic acids is 1. The Kier molecular flexibility index (Phi) is 6.73. The summed E-state index contributed by atoms with van der Waals surface area (Å²) in [6, 6.07) is 12.4. The van der Waals surface area contributed by atoms with Crippen LogP contribution in [0.25, 0.3) is 11.1 Å². The van der Waals surface area contributed by atoms with Crippen LogP contribution in [0.1, 0.15) is 36.4 Å². The number of piperidine rings is 1. The number of hydrogen-bond acceptors (Lipinski definition) is 4. The molecule has 1 aliphatic rings. The molecule has 32 heavy (non-hydrogen) atoms. The van der Waals surface area contributed by atoms with Crippen molar-refractivity contribution in [2.24, 2.45) is 0 Å². The van der Waals surface area contributed by atoms with E-state index < -0.39 is 0 Å². The van der Waals surface area contributed by atoms with Crippen LogP contribution < -0.4 is 9.47 Å². The first-order valence-electron chi connectivity index (χ1n) is 10.9. The number of rotatable bonds is 7. The summed E-state index contributed by atoms with van der Waals surface area (Å²) in [7, 11) is 3.21. The fourth-order valence-corrected chi connectivity index (χ4v) is 4.39. The molecule has 2 aromatic carbocycles. The highest BCUT2D eigenvalue weighted by Gasteiger charge is 2.28. The second-order valence-electron chi connectivity index (χ2n) is 8.05. The molecular formula is C25H28FN3O3. The third kappa shape index (κ3) is 4.61. The molecule has 0 unspecified atom stereocenters. The largest absolute Gasteiger partial charge is 0.493 e. The molecule has 3 aromatic rings. The minimum Gasteiger partial charge on any atom is -0.493 e. The van der Waals surface area contributed by atoms with Crippen LogP contribution in [-0.4, -0.2) is 48.3 Å². The summed E-state index contributed by atoms with van der Waals surface area (Å²) in [6.07, 6.45) is 4.56. The third-order valence-corrected chi connectivity index (χ3v) is 6.09. The summed E-state index contributed by atoms with van der Waals surface area (Å²) < 4.78 is 25.0. The SMILES string of the molecule is COc1ccc(CCC(=O)N2CCC[C@H](c3[nH]ncc3-c3ccccc3F)C2)cc1OC. The molecule has 1 aromatic heterocycles. The third-order valence-electron chi connectivity index (χ3n) is 6.09. The van der Waals surface area contributed by atoms with E-state index in [0.717, 1.165) is 36.2 Å². The molecule has 6 nitrogen and oxygen atoms in total. The first kappa shape index (κ1) is 21.9. The summed E-state index contributed by atoms with van der Waals surface area (Å²) in [5.41, 5.74) is 3.23. The number of aryl methyl sites for hydroxylation is 1. The van der Waals surface area contributed by atoms with Gasteiger partial charge in [0.1, 0.15) is 5.82 Å². The van der Waals surface area contributed by atoms with Gasteiger partial charge in [-0.2, -0.15) is 5.10 Å². The van der Waals surface area contributed by atoms with Gasteiger partial charge >= 0.3 is 0 Å². The number of ether oxygens (including phenoxy) is 2. The predicted octanol–water partition coefficient (Wildman–Crippen LogP) is 4.57. The molecule has 1 aliphatic heterocycles. The van der Waals surface area contributed by atoms with Crippen molar-refractivity contribution in [3.8, 4) is 22.6 Å². The van der Waals surface area contributed by atoms with E-state index in [-0.39, 0.29) is 17.6 Å². The molecule has 0 aliphatic carbocycles. The van der Waals surface area contributed by atoms with Crippen LogP contribution in [-0.2, 0) is 11.2 Å². The summed E-state index contributed by atoms with van der Waals surface area (Å²) in [5.74, 6) is 1.29. The number of likely N-dealkylation sites (tertiary alicyclic amines) is 1. The van der Waals surface area contributed by atoms with Crippen molar-refractivity contribution < 1.29 is 18.7 Å². The lowest BCUT2D eigenvalue weighted by atomic mass is 9.90. The van der Waals surface area contributed by atoms with Gasteiger partial charge < -0.3 is 14.4 Å². The average Bonchev–Trinajstić information content (AvgIpc) is 3.32. The number of methoxy groups -OCH3 is 2. The summed E-state index contributed by atoms with van der Waals surface area (Å²) in [6.45, 7) is 1.35. The second kappa shape index (κ2) is 9.85. The van der Waals surface area contributed by atoms with E-state index in [1.807, 2.05) is 29.2 Å². The summed E-state index contributed by atoms with van der Waals surface area (Å²) in [4.78, 5) is 14.9. The maximum absolute atomic E-state index is 14.3. The second-order valence-corrected chi connectivity index (χ2v) is 8.05. The summed E-state index contributed by atoms with van der Waals surface area (Å²) in [5, 5.41) is 7.24. The molecule has 4 rings (SSSR count). The molecule has 1 atom stereocenters. The number of hydrogen-bond donors (Lipinski definition) is 1. The molecule has 1 saturated heterocycles. The van der Waals surface area contributed by atoms with Gasteiger partial charge in [-0.1, -0.05) is 24.3 Å². The van der Waals surface area contributed by atoms with Crippen molar-refractivity contribution in [1.29, 1.82) is 0 Å². The normalized spacial score (nSPS) is 16.1. The smallest absolute Gasteiger partial charge is 0.222 e. The minimum absolute atomic E-state index is 0.103. The van der Waals surface area contributed by atoms with E-state index in [4.69, 9.17) is 9.47 Å². The van der Waals surface area contributed by atoms with Crippen LogP contribution in [0.3, 0.4) is 0 Å². The van der Waals surface area contributed by atoms with E-state index in [1.54, 1.807) is 32.5 Å². The molecular weight excluding hydrogens is 409 g/mol. The molecule has 1 fully saturated rings. The van der Waals surface area contributed by atoms with Crippen LogP contribution >= 0.6 is 0 Å². The van der Waals surface area contributed by atoms with Crippen molar-refractivity contribution in [1.82, 2.24) is 15.1 Å². The number of aromatic nitrogens is 2. The molecule has 1 amide bonds. The van der Waals surface area contributed by atoms with Gasteiger partial charge in [0.2, 0.25) is 5.91 Å². The minimum atomic E-state index is -0.270. The Hall–Kier alpha value is -3.35. The van der Waals surface area contributed by atoms with Crippen molar-refractivity contribution in [3.63, 3.8) is 0 Å². The van der Waals surface area contributed by atoms with Gasteiger partial charge in [-0.05, 0) is 43.0 Å². The van der Waals surface area contributed by atoms with Crippen LogP contribution in [0.4, 0.5) is 4.39 Å². The number of nitrogens with zero attached hydrogens (tertiary/aromatic N) is 2.